The Balaban J connectivity index is 1.80. The Morgan fingerprint density at radius 3 is 2.38 bits per heavy atom. The predicted molar refractivity (Wildman–Crippen MR) is 112 cm³/mol. The van der Waals surface area contributed by atoms with Gasteiger partial charge in [-0.05, 0) is 48.0 Å². The average molecular weight is 414 g/mol. The van der Waals surface area contributed by atoms with Gasteiger partial charge in [-0.15, -0.1) is 0 Å². The molecule has 0 fully saturated rings. The summed E-state index contributed by atoms with van der Waals surface area (Å²) in [6, 6.07) is 14.8. The van der Waals surface area contributed by atoms with Crippen molar-refractivity contribution in [3.05, 3.63) is 89.0 Å². The van der Waals surface area contributed by atoms with Crippen LogP contribution in [0.25, 0.3) is 0 Å². The van der Waals surface area contributed by atoms with Crippen LogP contribution < -0.4 is 5.32 Å². The number of amides is 2. The highest BCUT2D eigenvalue weighted by Gasteiger charge is 2.19. The molecule has 150 valence electrons. The molecule has 0 bridgehead atoms. The first-order valence-corrected chi connectivity index (χ1v) is 9.42. The van der Waals surface area contributed by atoms with Crippen molar-refractivity contribution in [2.24, 2.45) is 0 Å². The summed E-state index contributed by atoms with van der Waals surface area (Å²) < 4.78 is 15.9. The summed E-state index contributed by atoms with van der Waals surface area (Å²) in [5.74, 6) is -1.36. The van der Waals surface area contributed by atoms with E-state index in [-0.39, 0.29) is 23.9 Å². The molecule has 0 aliphatic rings. The van der Waals surface area contributed by atoms with Gasteiger partial charge < -0.3 is 14.8 Å². The molecule has 0 saturated carbocycles. The number of anilines is 1. The minimum atomic E-state index is -0.631. The third kappa shape index (κ3) is 5.03. The smallest absolute Gasteiger partial charge is 0.256 e. The summed E-state index contributed by atoms with van der Waals surface area (Å²) in [5.41, 5.74) is 1.21. The van der Waals surface area contributed by atoms with E-state index in [1.807, 2.05) is 41.2 Å². The van der Waals surface area contributed by atoms with Crippen LogP contribution in [0.3, 0.4) is 0 Å². The molecule has 0 radical (unpaired) electrons. The van der Waals surface area contributed by atoms with Crippen LogP contribution in [0.15, 0.2) is 67.0 Å². The Hall–Kier alpha value is -3.12. The summed E-state index contributed by atoms with van der Waals surface area (Å²) in [5, 5.41) is 3.38. The Bertz CT molecular complexity index is 1000. The minimum Gasteiger partial charge on any atom is -0.346 e. The highest BCUT2D eigenvalue weighted by atomic mass is 35.5. The summed E-state index contributed by atoms with van der Waals surface area (Å²) in [7, 11) is 3.08. The third-order valence-electron chi connectivity index (χ3n) is 4.51. The lowest BCUT2D eigenvalue weighted by Crippen LogP contribution is -2.23. The number of aromatic nitrogens is 1. The second kappa shape index (κ2) is 8.92. The van der Waals surface area contributed by atoms with Gasteiger partial charge in [0.2, 0.25) is 5.91 Å². The number of hydrogen-bond acceptors (Lipinski definition) is 2. The first-order valence-electron chi connectivity index (χ1n) is 9.04. The molecule has 0 spiro atoms. The van der Waals surface area contributed by atoms with Crippen LogP contribution >= 0.6 is 11.6 Å². The summed E-state index contributed by atoms with van der Waals surface area (Å²) >= 11 is 5.98. The van der Waals surface area contributed by atoms with E-state index < -0.39 is 11.7 Å². The van der Waals surface area contributed by atoms with Crippen LogP contribution in [0.5, 0.6) is 0 Å². The molecule has 0 saturated heterocycles. The van der Waals surface area contributed by atoms with E-state index in [2.05, 4.69) is 5.32 Å². The van der Waals surface area contributed by atoms with Crippen LogP contribution in [-0.2, 0) is 4.79 Å². The molecule has 1 aromatic heterocycles. The van der Waals surface area contributed by atoms with Gasteiger partial charge in [-0.3, -0.25) is 9.59 Å². The second-order valence-corrected chi connectivity index (χ2v) is 7.28. The molecule has 0 aliphatic carbocycles. The van der Waals surface area contributed by atoms with Crippen LogP contribution in [-0.4, -0.2) is 35.4 Å². The number of benzene rings is 2. The van der Waals surface area contributed by atoms with E-state index in [1.54, 1.807) is 26.2 Å². The molecule has 3 aromatic rings. The maximum atomic E-state index is 14.0. The molecule has 2 aromatic carbocycles. The molecule has 0 unspecified atom stereocenters. The van der Waals surface area contributed by atoms with Crippen molar-refractivity contribution in [1.29, 1.82) is 0 Å². The number of nitrogens with one attached hydrogen (secondary N) is 1. The quantitative estimate of drug-likeness (QED) is 0.642. The maximum Gasteiger partial charge on any atom is 0.256 e. The monoisotopic (exact) mass is 413 g/mol. The van der Waals surface area contributed by atoms with Crippen molar-refractivity contribution in [1.82, 2.24) is 9.47 Å². The van der Waals surface area contributed by atoms with Gasteiger partial charge in [0.15, 0.2) is 0 Å². The van der Waals surface area contributed by atoms with Crippen molar-refractivity contribution in [3.63, 3.8) is 0 Å². The standard InChI is InChI=1S/C22H21ClFN3O2/c1-26(2)22(29)18-13-17(9-10-19(18)24)25-21(28)14-20(27-11-3-4-12-27)15-5-7-16(23)8-6-15/h3-13,20H,14H2,1-2H3,(H,25,28)/t20-/m0/s1. The molecule has 0 aliphatic heterocycles. The first-order chi connectivity index (χ1) is 13.8. The molecule has 1 atom stereocenters. The lowest BCUT2D eigenvalue weighted by atomic mass is 10.0. The zero-order valence-electron chi connectivity index (χ0n) is 16.1. The molecule has 5 nitrogen and oxygen atoms in total. The normalized spacial score (nSPS) is 11.7. The molecule has 1 heterocycles. The average Bonchev–Trinajstić information content (AvgIpc) is 3.22. The Labute approximate surface area is 173 Å². The van der Waals surface area contributed by atoms with Crippen LogP contribution in [0.2, 0.25) is 5.02 Å². The zero-order chi connectivity index (χ0) is 21.0. The van der Waals surface area contributed by atoms with Gasteiger partial charge in [0, 0.05) is 37.2 Å². The zero-order valence-corrected chi connectivity index (χ0v) is 16.9. The largest absolute Gasteiger partial charge is 0.346 e. The number of nitrogens with zero attached hydrogens (tertiary/aromatic N) is 2. The fraction of sp³-hybridized carbons (Fsp3) is 0.182. The SMILES string of the molecule is CN(C)C(=O)c1cc(NC(=O)C[C@@H](c2ccc(Cl)cc2)n2cccc2)ccc1F. The molecule has 3 rings (SSSR count). The van der Waals surface area contributed by atoms with E-state index >= 15 is 0 Å². The van der Waals surface area contributed by atoms with Gasteiger partial charge in [0.25, 0.3) is 5.91 Å². The molecule has 2 amide bonds. The topological polar surface area (TPSA) is 54.3 Å². The van der Waals surface area contributed by atoms with Crippen LogP contribution in [0.1, 0.15) is 28.4 Å². The molecular weight excluding hydrogens is 393 g/mol. The van der Waals surface area contributed by atoms with Gasteiger partial charge >= 0.3 is 0 Å². The van der Waals surface area contributed by atoms with Crippen molar-refractivity contribution >= 4 is 29.1 Å². The van der Waals surface area contributed by atoms with E-state index in [0.29, 0.717) is 10.7 Å². The first kappa shape index (κ1) is 20.6. The highest BCUT2D eigenvalue weighted by Crippen LogP contribution is 2.25. The molecule has 7 heteroatoms. The van der Waals surface area contributed by atoms with Crippen molar-refractivity contribution in [2.75, 3.05) is 19.4 Å². The van der Waals surface area contributed by atoms with E-state index in [0.717, 1.165) is 5.56 Å². The summed E-state index contributed by atoms with van der Waals surface area (Å²) in [6.07, 6.45) is 3.93. The molecule has 29 heavy (non-hydrogen) atoms. The van der Waals surface area contributed by atoms with Gasteiger partial charge in [-0.2, -0.15) is 0 Å². The Morgan fingerprint density at radius 1 is 1.10 bits per heavy atom. The number of carbonyl (C=O) groups excluding carboxylic acids is 2. The van der Waals surface area contributed by atoms with Gasteiger partial charge in [0.05, 0.1) is 18.0 Å². The number of carbonyl (C=O) groups is 2. The number of rotatable bonds is 6. The third-order valence-corrected chi connectivity index (χ3v) is 4.76. The van der Waals surface area contributed by atoms with Crippen molar-refractivity contribution in [2.45, 2.75) is 12.5 Å². The van der Waals surface area contributed by atoms with Crippen LogP contribution in [0, 0.1) is 5.82 Å². The van der Waals surface area contributed by atoms with E-state index in [9.17, 15) is 14.0 Å². The predicted octanol–water partition coefficient (Wildman–Crippen LogP) is 4.60. The number of hydrogen-bond donors (Lipinski definition) is 1. The number of halogens is 2. The lowest BCUT2D eigenvalue weighted by molar-refractivity contribution is -0.116. The van der Waals surface area contributed by atoms with Gasteiger partial charge in [0.1, 0.15) is 5.82 Å². The highest BCUT2D eigenvalue weighted by molar-refractivity contribution is 6.30. The van der Waals surface area contributed by atoms with Gasteiger partial charge in [-0.1, -0.05) is 23.7 Å². The van der Waals surface area contributed by atoms with Crippen molar-refractivity contribution < 1.29 is 14.0 Å². The van der Waals surface area contributed by atoms with Crippen LogP contribution in [0.4, 0.5) is 10.1 Å². The maximum absolute atomic E-state index is 14.0. The van der Waals surface area contributed by atoms with E-state index in [1.165, 1.54) is 23.1 Å². The lowest BCUT2D eigenvalue weighted by Gasteiger charge is -2.20. The van der Waals surface area contributed by atoms with E-state index in [4.69, 9.17) is 11.6 Å². The Kier molecular flexibility index (Phi) is 6.34. The van der Waals surface area contributed by atoms with Gasteiger partial charge in [-0.25, -0.2) is 4.39 Å². The Morgan fingerprint density at radius 2 is 1.76 bits per heavy atom. The summed E-state index contributed by atoms with van der Waals surface area (Å²) in [6.45, 7) is 0. The summed E-state index contributed by atoms with van der Waals surface area (Å²) in [4.78, 5) is 26.1. The minimum absolute atomic E-state index is 0.0903. The second-order valence-electron chi connectivity index (χ2n) is 6.84. The van der Waals surface area contributed by atoms with Crippen molar-refractivity contribution in [3.8, 4) is 0 Å². The fourth-order valence-electron chi connectivity index (χ4n) is 3.03. The fourth-order valence-corrected chi connectivity index (χ4v) is 3.16. The molecule has 1 N–H and O–H groups in total. The molecular formula is C22H21ClFN3O2.